The zero-order valence-corrected chi connectivity index (χ0v) is 14.8. The molecule has 0 aliphatic heterocycles. The van der Waals surface area contributed by atoms with Gasteiger partial charge >= 0.3 is 6.18 Å². The first kappa shape index (κ1) is 19.1. The number of carbonyl (C=O) groups is 1. The monoisotopic (exact) mass is 398 g/mol. The average Bonchev–Trinajstić information content (AvgIpc) is 3.04. The highest BCUT2D eigenvalue weighted by Gasteiger charge is 2.35. The fourth-order valence-corrected chi connectivity index (χ4v) is 2.62. The van der Waals surface area contributed by atoms with Gasteiger partial charge in [-0.3, -0.25) is 4.79 Å². The van der Waals surface area contributed by atoms with Crippen molar-refractivity contribution in [1.29, 1.82) is 0 Å². The Labute approximate surface area is 156 Å². The molecule has 0 unspecified atom stereocenters. The van der Waals surface area contributed by atoms with E-state index in [2.05, 4.69) is 10.1 Å². The Morgan fingerprint density at radius 1 is 1.26 bits per heavy atom. The summed E-state index contributed by atoms with van der Waals surface area (Å²) in [6.07, 6.45) is -4.70. The van der Waals surface area contributed by atoms with Crippen LogP contribution >= 0.6 is 11.6 Å². The number of hydrogen-bond acceptors (Lipinski definition) is 4. The van der Waals surface area contributed by atoms with E-state index in [1.54, 1.807) is 24.3 Å². The molecule has 0 saturated heterocycles. The van der Waals surface area contributed by atoms with Crippen molar-refractivity contribution in [3.63, 3.8) is 0 Å². The second kappa shape index (κ2) is 7.16. The molecule has 1 N–H and O–H groups in total. The molecule has 0 bridgehead atoms. The molecule has 0 saturated carbocycles. The predicted octanol–water partition coefficient (Wildman–Crippen LogP) is 3.13. The predicted molar refractivity (Wildman–Crippen MR) is 92.5 cm³/mol. The number of likely N-dealkylation sites (N-methyl/N-ethyl adjacent to an activating group) is 1. The zero-order valence-electron chi connectivity index (χ0n) is 14.0. The third-order valence-electron chi connectivity index (χ3n) is 3.86. The minimum atomic E-state index is -4.70. The van der Waals surface area contributed by atoms with Gasteiger partial charge in [0.25, 0.3) is 5.91 Å². The van der Waals surface area contributed by atoms with Gasteiger partial charge in [0.05, 0.1) is 12.3 Å². The van der Waals surface area contributed by atoms with E-state index in [1.807, 2.05) is 0 Å². The lowest BCUT2D eigenvalue weighted by Gasteiger charge is -2.13. The van der Waals surface area contributed by atoms with Gasteiger partial charge in [0.15, 0.2) is 17.0 Å². The van der Waals surface area contributed by atoms with Crippen molar-refractivity contribution >= 4 is 23.2 Å². The maximum Gasteiger partial charge on any atom is 0.433 e. The molecule has 0 atom stereocenters. The molecule has 10 heteroatoms. The number of hydrogen-bond donors (Lipinski definition) is 1. The van der Waals surface area contributed by atoms with Crippen LogP contribution < -0.4 is 0 Å². The van der Waals surface area contributed by atoms with Crippen LogP contribution in [0.3, 0.4) is 0 Å². The van der Waals surface area contributed by atoms with Crippen LogP contribution in [0.2, 0.25) is 5.02 Å². The van der Waals surface area contributed by atoms with E-state index in [0.717, 1.165) is 11.0 Å². The first-order valence-corrected chi connectivity index (χ1v) is 8.19. The molecule has 2 aromatic heterocycles. The summed E-state index contributed by atoms with van der Waals surface area (Å²) in [5.74, 6) is -0.615. The molecule has 2 heterocycles. The minimum Gasteiger partial charge on any atom is -0.395 e. The number of nitrogens with zero attached hydrogens (tertiary/aromatic N) is 4. The molecule has 0 radical (unpaired) electrons. The lowest BCUT2D eigenvalue weighted by atomic mass is 10.1. The van der Waals surface area contributed by atoms with Crippen molar-refractivity contribution in [2.75, 3.05) is 20.2 Å². The summed E-state index contributed by atoms with van der Waals surface area (Å²) in [5.41, 5.74) is -0.845. The first-order valence-electron chi connectivity index (χ1n) is 7.81. The van der Waals surface area contributed by atoms with E-state index in [0.29, 0.717) is 15.1 Å². The van der Waals surface area contributed by atoms with Gasteiger partial charge in [-0.1, -0.05) is 23.7 Å². The number of benzene rings is 1. The maximum absolute atomic E-state index is 13.5. The van der Waals surface area contributed by atoms with E-state index in [9.17, 15) is 18.0 Å². The smallest absolute Gasteiger partial charge is 0.395 e. The molecular formula is C17H14ClF3N4O2. The summed E-state index contributed by atoms with van der Waals surface area (Å²) in [6, 6.07) is 8.26. The number of aliphatic hydroxyl groups is 1. The molecule has 0 aliphatic rings. The zero-order chi connectivity index (χ0) is 19.8. The molecule has 3 rings (SSSR count). The van der Waals surface area contributed by atoms with E-state index in [4.69, 9.17) is 16.7 Å². The molecule has 0 spiro atoms. The van der Waals surface area contributed by atoms with E-state index < -0.39 is 17.8 Å². The first-order chi connectivity index (χ1) is 12.7. The molecule has 6 nitrogen and oxygen atoms in total. The van der Waals surface area contributed by atoms with E-state index in [-0.39, 0.29) is 30.2 Å². The molecule has 1 aromatic carbocycles. The Balaban J connectivity index is 2.16. The lowest BCUT2D eigenvalue weighted by molar-refractivity contribution is -0.142. The van der Waals surface area contributed by atoms with Gasteiger partial charge in [-0.25, -0.2) is 9.50 Å². The van der Waals surface area contributed by atoms with Crippen LogP contribution in [0.25, 0.3) is 16.9 Å². The Morgan fingerprint density at radius 2 is 1.93 bits per heavy atom. The van der Waals surface area contributed by atoms with Crippen LogP contribution in [0.1, 0.15) is 16.2 Å². The number of alkyl halides is 3. The van der Waals surface area contributed by atoms with Crippen LogP contribution in [-0.2, 0) is 6.18 Å². The van der Waals surface area contributed by atoms with Crippen LogP contribution in [0.15, 0.2) is 36.4 Å². The fourth-order valence-electron chi connectivity index (χ4n) is 2.50. The van der Waals surface area contributed by atoms with E-state index in [1.165, 1.54) is 13.1 Å². The third kappa shape index (κ3) is 3.88. The van der Waals surface area contributed by atoms with Gasteiger partial charge in [0, 0.05) is 30.2 Å². The summed E-state index contributed by atoms with van der Waals surface area (Å²) in [4.78, 5) is 17.6. The van der Waals surface area contributed by atoms with Crippen LogP contribution in [0.5, 0.6) is 0 Å². The van der Waals surface area contributed by atoms with Crippen molar-refractivity contribution in [2.45, 2.75) is 6.18 Å². The molecular weight excluding hydrogens is 385 g/mol. The standard InChI is InChI=1S/C17H14ClF3N4O2/c1-24(6-7-26)16(27)13-9-15-22-12(10-2-4-11(18)5-3-10)8-14(17(19,20)21)25(15)23-13/h2-5,8-9,26H,6-7H2,1H3. The summed E-state index contributed by atoms with van der Waals surface area (Å²) >= 11 is 5.82. The number of rotatable bonds is 4. The van der Waals surface area contributed by atoms with Crippen LogP contribution in [0.4, 0.5) is 13.2 Å². The van der Waals surface area contributed by atoms with Crippen molar-refractivity contribution in [2.24, 2.45) is 0 Å². The number of fused-ring (bicyclic) bond motifs is 1. The number of halogens is 4. The van der Waals surface area contributed by atoms with Gasteiger partial charge in [0.2, 0.25) is 0 Å². The number of aliphatic hydroxyl groups excluding tert-OH is 1. The molecule has 27 heavy (non-hydrogen) atoms. The van der Waals surface area contributed by atoms with Crippen LogP contribution in [-0.4, -0.2) is 50.7 Å². The normalized spacial score (nSPS) is 11.8. The summed E-state index contributed by atoms with van der Waals surface area (Å²) in [6.45, 7) is -0.245. The largest absolute Gasteiger partial charge is 0.433 e. The van der Waals surface area contributed by atoms with Crippen molar-refractivity contribution in [3.8, 4) is 11.3 Å². The number of carbonyl (C=O) groups excluding carboxylic acids is 1. The molecule has 142 valence electrons. The van der Waals surface area contributed by atoms with Crippen molar-refractivity contribution < 1.29 is 23.1 Å². The maximum atomic E-state index is 13.5. The average molecular weight is 399 g/mol. The Morgan fingerprint density at radius 3 is 2.52 bits per heavy atom. The van der Waals surface area contributed by atoms with Gasteiger partial charge in [0.1, 0.15) is 0 Å². The van der Waals surface area contributed by atoms with Crippen molar-refractivity contribution in [3.05, 3.63) is 52.8 Å². The Kier molecular flexibility index (Phi) is 5.07. The third-order valence-corrected chi connectivity index (χ3v) is 4.11. The minimum absolute atomic E-state index is 0.0300. The SMILES string of the molecule is CN(CCO)C(=O)c1cc2nc(-c3ccc(Cl)cc3)cc(C(F)(F)F)n2n1. The summed E-state index contributed by atoms with van der Waals surface area (Å²) in [7, 11) is 1.42. The Hall–Kier alpha value is -2.65. The summed E-state index contributed by atoms with van der Waals surface area (Å²) in [5, 5.41) is 13.1. The molecule has 1 amide bonds. The lowest BCUT2D eigenvalue weighted by Crippen LogP contribution is -2.29. The Bertz CT molecular complexity index is 986. The number of aromatic nitrogens is 3. The highest BCUT2D eigenvalue weighted by atomic mass is 35.5. The van der Waals surface area contributed by atoms with Crippen molar-refractivity contribution in [1.82, 2.24) is 19.5 Å². The second-order valence-corrected chi connectivity index (χ2v) is 6.22. The van der Waals surface area contributed by atoms with E-state index >= 15 is 0 Å². The quantitative estimate of drug-likeness (QED) is 0.733. The van der Waals surface area contributed by atoms with Crippen LogP contribution in [0, 0.1) is 0 Å². The highest BCUT2D eigenvalue weighted by Crippen LogP contribution is 2.32. The molecule has 3 aromatic rings. The van der Waals surface area contributed by atoms with Gasteiger partial charge in [-0.2, -0.15) is 18.3 Å². The topological polar surface area (TPSA) is 70.7 Å². The highest BCUT2D eigenvalue weighted by molar-refractivity contribution is 6.30. The number of amides is 1. The summed E-state index contributed by atoms with van der Waals surface area (Å²) < 4.78 is 41.2. The van der Waals surface area contributed by atoms with Gasteiger partial charge < -0.3 is 10.0 Å². The fraction of sp³-hybridized carbons (Fsp3) is 0.235. The van der Waals surface area contributed by atoms with Gasteiger partial charge in [-0.05, 0) is 18.2 Å². The van der Waals surface area contributed by atoms with Gasteiger partial charge in [-0.15, -0.1) is 0 Å². The second-order valence-electron chi connectivity index (χ2n) is 5.78. The molecule has 0 aliphatic carbocycles. The molecule has 0 fully saturated rings.